The Morgan fingerprint density at radius 2 is 2.41 bits per heavy atom. The lowest BCUT2D eigenvalue weighted by Gasteiger charge is -2.13. The second-order valence-corrected chi connectivity index (χ2v) is 3.98. The molecule has 6 nitrogen and oxygen atoms in total. The number of nitrogens with one attached hydrogen (secondary N) is 1. The van der Waals surface area contributed by atoms with Crippen molar-refractivity contribution in [2.45, 2.75) is 12.5 Å². The Kier molecular flexibility index (Phi) is 2.95. The summed E-state index contributed by atoms with van der Waals surface area (Å²) in [4.78, 5) is 27.8. The number of likely N-dealkylation sites (tertiary alicyclic amines) is 1. The normalized spacial score (nSPS) is 19.5. The summed E-state index contributed by atoms with van der Waals surface area (Å²) in [7, 11) is 1.75. The largest absolute Gasteiger partial charge is 0.477 e. The number of pyridine rings is 1. The Balaban J connectivity index is 2.11. The summed E-state index contributed by atoms with van der Waals surface area (Å²) in [5.41, 5.74) is 0.569. The van der Waals surface area contributed by atoms with Crippen LogP contribution in [-0.2, 0) is 4.79 Å². The van der Waals surface area contributed by atoms with Gasteiger partial charge in [-0.1, -0.05) is 0 Å². The smallest absolute Gasteiger partial charge is 0.354 e. The number of aromatic nitrogens is 1. The third-order valence-corrected chi connectivity index (χ3v) is 2.75. The van der Waals surface area contributed by atoms with Crippen LogP contribution in [0.15, 0.2) is 18.3 Å². The van der Waals surface area contributed by atoms with Gasteiger partial charge in [0.15, 0.2) is 0 Å². The van der Waals surface area contributed by atoms with E-state index in [0.29, 0.717) is 12.2 Å². The molecule has 1 atom stereocenters. The predicted octanol–water partition coefficient (Wildman–Crippen LogP) is 0.422. The molecule has 0 radical (unpaired) electrons. The Morgan fingerprint density at radius 1 is 1.65 bits per heavy atom. The number of carbonyl (C=O) groups is 2. The van der Waals surface area contributed by atoms with Crippen LogP contribution in [-0.4, -0.2) is 46.5 Å². The maximum atomic E-state index is 11.7. The first-order valence-electron chi connectivity index (χ1n) is 5.29. The number of hydrogen-bond acceptors (Lipinski definition) is 4. The standard InChI is InChI=1S/C11H13N3O3/c1-14-5-3-8(10(14)15)13-7-2-4-12-9(6-7)11(16)17/h2,4,6,8H,3,5H2,1H3,(H,12,13)(H,16,17). The van der Waals surface area contributed by atoms with E-state index in [1.165, 1.54) is 12.3 Å². The van der Waals surface area contributed by atoms with Gasteiger partial charge in [-0.25, -0.2) is 9.78 Å². The third kappa shape index (κ3) is 2.35. The van der Waals surface area contributed by atoms with Crippen LogP contribution in [0.4, 0.5) is 5.69 Å². The lowest BCUT2D eigenvalue weighted by Crippen LogP contribution is -2.31. The van der Waals surface area contributed by atoms with Crippen molar-refractivity contribution in [3.63, 3.8) is 0 Å². The second kappa shape index (κ2) is 4.40. The number of aromatic carboxylic acids is 1. The number of rotatable bonds is 3. The topological polar surface area (TPSA) is 82.5 Å². The number of amides is 1. The third-order valence-electron chi connectivity index (χ3n) is 2.75. The molecule has 2 heterocycles. The van der Waals surface area contributed by atoms with E-state index >= 15 is 0 Å². The molecule has 1 saturated heterocycles. The fourth-order valence-electron chi connectivity index (χ4n) is 1.79. The zero-order chi connectivity index (χ0) is 12.4. The average molecular weight is 235 g/mol. The van der Waals surface area contributed by atoms with Gasteiger partial charge < -0.3 is 15.3 Å². The van der Waals surface area contributed by atoms with E-state index in [1.54, 1.807) is 18.0 Å². The number of nitrogens with zero attached hydrogens (tertiary/aromatic N) is 2. The van der Waals surface area contributed by atoms with Crippen molar-refractivity contribution in [1.29, 1.82) is 0 Å². The molecule has 17 heavy (non-hydrogen) atoms. The lowest BCUT2D eigenvalue weighted by molar-refractivity contribution is -0.127. The molecule has 0 aliphatic carbocycles. The highest BCUT2D eigenvalue weighted by Crippen LogP contribution is 2.16. The van der Waals surface area contributed by atoms with Gasteiger partial charge in [0.1, 0.15) is 11.7 Å². The van der Waals surface area contributed by atoms with Crippen LogP contribution in [0.1, 0.15) is 16.9 Å². The molecule has 0 saturated carbocycles. The van der Waals surface area contributed by atoms with Crippen molar-refractivity contribution >= 4 is 17.6 Å². The molecular formula is C11H13N3O3. The summed E-state index contributed by atoms with van der Waals surface area (Å²) in [6, 6.07) is 2.80. The minimum absolute atomic E-state index is 0.0266. The molecule has 1 aromatic rings. The van der Waals surface area contributed by atoms with Gasteiger partial charge in [0.2, 0.25) is 5.91 Å². The Bertz CT molecular complexity index is 461. The number of likely N-dealkylation sites (N-methyl/N-ethyl adjacent to an activating group) is 1. The summed E-state index contributed by atoms with van der Waals surface area (Å²) in [5.74, 6) is -1.05. The molecule has 6 heteroatoms. The highest BCUT2D eigenvalue weighted by molar-refractivity contribution is 5.88. The fraction of sp³-hybridized carbons (Fsp3) is 0.364. The van der Waals surface area contributed by atoms with Gasteiger partial charge in [0.05, 0.1) is 0 Å². The second-order valence-electron chi connectivity index (χ2n) is 3.98. The molecule has 1 aliphatic heterocycles. The monoisotopic (exact) mass is 235 g/mol. The first-order chi connectivity index (χ1) is 8.08. The van der Waals surface area contributed by atoms with Crippen LogP contribution >= 0.6 is 0 Å². The van der Waals surface area contributed by atoms with Gasteiger partial charge in [-0.15, -0.1) is 0 Å². The number of carboxylic acids is 1. The summed E-state index contributed by atoms with van der Waals surface area (Å²) in [6.45, 7) is 0.716. The van der Waals surface area contributed by atoms with E-state index in [9.17, 15) is 9.59 Å². The quantitative estimate of drug-likeness (QED) is 0.793. The van der Waals surface area contributed by atoms with Crippen molar-refractivity contribution in [3.05, 3.63) is 24.0 Å². The summed E-state index contributed by atoms with van der Waals surface area (Å²) in [5, 5.41) is 11.8. The van der Waals surface area contributed by atoms with Crippen LogP contribution in [0.3, 0.4) is 0 Å². The molecule has 1 unspecified atom stereocenters. The number of carboxylic acid groups (broad SMARTS) is 1. The molecule has 1 aliphatic rings. The van der Waals surface area contributed by atoms with E-state index in [4.69, 9.17) is 5.11 Å². The fourth-order valence-corrected chi connectivity index (χ4v) is 1.79. The number of anilines is 1. The molecule has 0 spiro atoms. The van der Waals surface area contributed by atoms with E-state index in [-0.39, 0.29) is 17.6 Å². The molecule has 1 fully saturated rings. The maximum absolute atomic E-state index is 11.7. The van der Waals surface area contributed by atoms with E-state index in [2.05, 4.69) is 10.3 Å². The van der Waals surface area contributed by atoms with Gasteiger partial charge in [0, 0.05) is 25.5 Å². The molecule has 0 aromatic carbocycles. The molecule has 1 amide bonds. The molecule has 1 aromatic heterocycles. The molecule has 2 N–H and O–H groups in total. The van der Waals surface area contributed by atoms with Crippen molar-refractivity contribution in [1.82, 2.24) is 9.88 Å². The van der Waals surface area contributed by atoms with Crippen molar-refractivity contribution in [2.75, 3.05) is 18.9 Å². The zero-order valence-corrected chi connectivity index (χ0v) is 9.38. The summed E-state index contributed by atoms with van der Waals surface area (Å²) < 4.78 is 0. The molecule has 90 valence electrons. The zero-order valence-electron chi connectivity index (χ0n) is 9.38. The number of carbonyl (C=O) groups excluding carboxylic acids is 1. The van der Waals surface area contributed by atoms with Crippen molar-refractivity contribution in [2.24, 2.45) is 0 Å². The van der Waals surface area contributed by atoms with Gasteiger partial charge in [0.25, 0.3) is 0 Å². The highest BCUT2D eigenvalue weighted by atomic mass is 16.4. The van der Waals surface area contributed by atoms with Crippen molar-refractivity contribution < 1.29 is 14.7 Å². The predicted molar refractivity (Wildman–Crippen MR) is 60.9 cm³/mol. The molecular weight excluding hydrogens is 222 g/mol. The Labute approximate surface area is 98.3 Å². The van der Waals surface area contributed by atoms with Crippen LogP contribution < -0.4 is 5.32 Å². The van der Waals surface area contributed by atoms with Gasteiger partial charge in [-0.3, -0.25) is 4.79 Å². The van der Waals surface area contributed by atoms with Crippen molar-refractivity contribution in [3.8, 4) is 0 Å². The molecule has 2 rings (SSSR count). The first kappa shape index (κ1) is 11.4. The minimum Gasteiger partial charge on any atom is -0.477 e. The van der Waals surface area contributed by atoms with Crippen LogP contribution in [0.5, 0.6) is 0 Å². The minimum atomic E-state index is -1.08. The molecule has 0 bridgehead atoms. The summed E-state index contributed by atoms with van der Waals surface area (Å²) >= 11 is 0. The highest BCUT2D eigenvalue weighted by Gasteiger charge is 2.28. The van der Waals surface area contributed by atoms with Gasteiger partial charge in [-0.05, 0) is 18.6 Å². The van der Waals surface area contributed by atoms with E-state index in [1.807, 2.05) is 0 Å². The first-order valence-corrected chi connectivity index (χ1v) is 5.29. The van der Waals surface area contributed by atoms with Crippen LogP contribution in [0.25, 0.3) is 0 Å². The summed E-state index contributed by atoms with van der Waals surface area (Å²) in [6.07, 6.45) is 2.13. The van der Waals surface area contributed by atoms with Gasteiger partial charge in [-0.2, -0.15) is 0 Å². The van der Waals surface area contributed by atoms with E-state index in [0.717, 1.165) is 6.42 Å². The average Bonchev–Trinajstić information content (AvgIpc) is 2.61. The lowest BCUT2D eigenvalue weighted by atomic mass is 10.2. The van der Waals surface area contributed by atoms with Gasteiger partial charge >= 0.3 is 5.97 Å². The SMILES string of the molecule is CN1CCC(Nc2ccnc(C(=O)O)c2)C1=O. The number of hydrogen-bond donors (Lipinski definition) is 2. The van der Waals surface area contributed by atoms with Crippen LogP contribution in [0.2, 0.25) is 0 Å². The van der Waals surface area contributed by atoms with E-state index < -0.39 is 5.97 Å². The van der Waals surface area contributed by atoms with Crippen LogP contribution in [0, 0.1) is 0 Å². The Morgan fingerprint density at radius 3 is 3.00 bits per heavy atom. The Hall–Kier alpha value is -2.11. The maximum Gasteiger partial charge on any atom is 0.354 e.